The van der Waals surface area contributed by atoms with Crippen molar-refractivity contribution in [2.24, 2.45) is 0 Å². The fourth-order valence-electron chi connectivity index (χ4n) is 4.38. The second kappa shape index (κ2) is 8.31. The summed E-state index contributed by atoms with van der Waals surface area (Å²) in [7, 11) is 3.40. The minimum absolute atomic E-state index is 0.460. The van der Waals surface area contributed by atoms with Crippen LogP contribution in [-0.2, 0) is 13.1 Å². The average molecular weight is 370 g/mol. The molecule has 0 amide bonds. The molecule has 1 aromatic heterocycles. The molecule has 0 N–H and O–H groups in total. The van der Waals surface area contributed by atoms with Gasteiger partial charge in [-0.05, 0) is 43.6 Å². The summed E-state index contributed by atoms with van der Waals surface area (Å²) in [6.45, 7) is 6.42. The molecule has 0 radical (unpaired) electrons. The second-order valence-electron chi connectivity index (χ2n) is 7.70. The number of nitrogens with zero attached hydrogens (tertiary/aromatic N) is 4. The molecule has 2 aromatic rings. The number of ether oxygens (including phenoxy) is 2. The summed E-state index contributed by atoms with van der Waals surface area (Å²) in [5.41, 5.74) is 2.52. The molecule has 2 aliphatic heterocycles. The number of hydrogen-bond donors (Lipinski definition) is 0. The van der Waals surface area contributed by atoms with Crippen LogP contribution in [0.15, 0.2) is 30.7 Å². The van der Waals surface area contributed by atoms with Gasteiger partial charge in [0.05, 0.1) is 32.3 Å². The zero-order valence-corrected chi connectivity index (χ0v) is 16.4. The lowest BCUT2D eigenvalue weighted by Crippen LogP contribution is -2.43. The number of likely N-dealkylation sites (tertiary alicyclic amines) is 1. The molecule has 27 heavy (non-hydrogen) atoms. The minimum atomic E-state index is 0.460. The molecule has 2 aliphatic rings. The fraction of sp³-hybridized carbons (Fsp3) is 0.571. The highest BCUT2D eigenvalue weighted by Gasteiger charge is 2.27. The maximum absolute atomic E-state index is 5.43. The van der Waals surface area contributed by atoms with E-state index in [1.165, 1.54) is 43.6 Å². The van der Waals surface area contributed by atoms with Crippen molar-refractivity contribution in [1.82, 2.24) is 19.4 Å². The van der Waals surface area contributed by atoms with E-state index in [1.807, 2.05) is 18.6 Å². The van der Waals surface area contributed by atoms with Crippen LogP contribution in [-0.4, -0.2) is 59.7 Å². The van der Waals surface area contributed by atoms with Gasteiger partial charge in [0.15, 0.2) is 0 Å². The van der Waals surface area contributed by atoms with E-state index in [4.69, 9.17) is 9.47 Å². The van der Waals surface area contributed by atoms with Crippen molar-refractivity contribution in [2.45, 2.75) is 38.4 Å². The first-order valence-corrected chi connectivity index (χ1v) is 9.92. The van der Waals surface area contributed by atoms with Gasteiger partial charge in [0.1, 0.15) is 11.5 Å². The monoisotopic (exact) mass is 370 g/mol. The molecule has 4 rings (SSSR count). The van der Waals surface area contributed by atoms with Gasteiger partial charge in [-0.25, -0.2) is 4.98 Å². The Kier molecular flexibility index (Phi) is 5.64. The highest BCUT2D eigenvalue weighted by molar-refractivity contribution is 5.38. The molecule has 0 aliphatic carbocycles. The predicted octanol–water partition coefficient (Wildman–Crippen LogP) is 2.94. The summed E-state index contributed by atoms with van der Waals surface area (Å²) < 4.78 is 13.3. The summed E-state index contributed by atoms with van der Waals surface area (Å²) in [6.07, 6.45) is 8.06. The molecule has 0 spiro atoms. The molecule has 6 nitrogen and oxygen atoms in total. The van der Waals surface area contributed by atoms with Crippen LogP contribution in [0.3, 0.4) is 0 Å². The zero-order valence-electron chi connectivity index (χ0n) is 16.4. The van der Waals surface area contributed by atoms with Gasteiger partial charge in [0, 0.05) is 38.4 Å². The van der Waals surface area contributed by atoms with Crippen LogP contribution in [0, 0.1) is 0 Å². The van der Waals surface area contributed by atoms with E-state index in [9.17, 15) is 0 Å². The summed E-state index contributed by atoms with van der Waals surface area (Å²) in [4.78, 5) is 9.56. The van der Waals surface area contributed by atoms with Gasteiger partial charge in [-0.1, -0.05) is 6.42 Å². The van der Waals surface area contributed by atoms with E-state index in [-0.39, 0.29) is 0 Å². The number of hydrogen-bond acceptors (Lipinski definition) is 5. The largest absolute Gasteiger partial charge is 0.497 e. The van der Waals surface area contributed by atoms with Crippen LogP contribution in [0.4, 0.5) is 0 Å². The maximum Gasteiger partial charge on any atom is 0.122 e. The van der Waals surface area contributed by atoms with Crippen LogP contribution in [0.5, 0.6) is 11.5 Å². The smallest absolute Gasteiger partial charge is 0.122 e. The van der Waals surface area contributed by atoms with E-state index in [0.717, 1.165) is 37.7 Å². The van der Waals surface area contributed by atoms with Gasteiger partial charge in [0.2, 0.25) is 0 Å². The number of rotatable bonds is 6. The van der Waals surface area contributed by atoms with Gasteiger partial charge in [0.25, 0.3) is 0 Å². The Bertz CT molecular complexity index is 732. The quantitative estimate of drug-likeness (QED) is 0.782. The molecular formula is C21H30N4O2. The molecule has 6 heteroatoms. The number of imidazole rings is 1. The van der Waals surface area contributed by atoms with Crippen molar-refractivity contribution < 1.29 is 9.47 Å². The Hall–Kier alpha value is -2.05. The van der Waals surface area contributed by atoms with Gasteiger partial charge in [-0.3, -0.25) is 4.90 Å². The van der Waals surface area contributed by atoms with Gasteiger partial charge >= 0.3 is 0 Å². The Morgan fingerprint density at radius 2 is 1.74 bits per heavy atom. The van der Waals surface area contributed by atoms with Crippen LogP contribution in [0.1, 0.15) is 36.6 Å². The molecule has 1 saturated heterocycles. The van der Waals surface area contributed by atoms with E-state index in [1.54, 1.807) is 14.2 Å². The number of aromatic nitrogens is 2. The van der Waals surface area contributed by atoms with Crippen LogP contribution < -0.4 is 9.47 Å². The zero-order chi connectivity index (χ0) is 18.6. The molecule has 0 unspecified atom stereocenters. The second-order valence-corrected chi connectivity index (χ2v) is 7.70. The van der Waals surface area contributed by atoms with Gasteiger partial charge in [-0.2, -0.15) is 0 Å². The SMILES string of the molecule is COc1cc(CN2Cc3cncn3[C@H](CN3CCCCC3)C2)cc(OC)c1. The van der Waals surface area contributed by atoms with E-state index >= 15 is 0 Å². The lowest BCUT2D eigenvalue weighted by atomic mass is 10.1. The molecule has 1 fully saturated rings. The van der Waals surface area contributed by atoms with Crippen molar-refractivity contribution in [3.8, 4) is 11.5 Å². The lowest BCUT2D eigenvalue weighted by Gasteiger charge is -2.38. The third kappa shape index (κ3) is 4.28. The van der Waals surface area contributed by atoms with Crippen LogP contribution in [0.25, 0.3) is 0 Å². The molecule has 0 bridgehead atoms. The van der Waals surface area contributed by atoms with E-state index in [2.05, 4.69) is 31.5 Å². The van der Waals surface area contributed by atoms with Crippen LogP contribution in [0.2, 0.25) is 0 Å². The third-order valence-electron chi connectivity index (χ3n) is 5.73. The van der Waals surface area contributed by atoms with Crippen LogP contribution >= 0.6 is 0 Å². The third-order valence-corrected chi connectivity index (χ3v) is 5.73. The molecular weight excluding hydrogens is 340 g/mol. The number of methoxy groups -OCH3 is 2. The highest BCUT2D eigenvalue weighted by atomic mass is 16.5. The molecule has 1 atom stereocenters. The topological polar surface area (TPSA) is 42.8 Å². The first-order valence-electron chi connectivity index (χ1n) is 9.92. The standard InChI is InChI=1S/C21H30N4O2/c1-26-20-8-17(9-21(10-20)27-2)12-24-13-18-11-22-16-25(18)19(15-24)14-23-6-4-3-5-7-23/h8-11,16,19H,3-7,12-15H2,1-2H3/t19-/m1/s1. The predicted molar refractivity (Wildman–Crippen MR) is 105 cm³/mol. The molecule has 1 aromatic carbocycles. The summed E-state index contributed by atoms with van der Waals surface area (Å²) >= 11 is 0. The summed E-state index contributed by atoms with van der Waals surface area (Å²) in [5.74, 6) is 1.69. The van der Waals surface area contributed by atoms with Gasteiger partial charge in [-0.15, -0.1) is 0 Å². The first-order chi connectivity index (χ1) is 13.2. The van der Waals surface area contributed by atoms with E-state index in [0.29, 0.717) is 6.04 Å². The Labute approximate surface area is 161 Å². The minimum Gasteiger partial charge on any atom is -0.497 e. The maximum atomic E-state index is 5.43. The van der Waals surface area contributed by atoms with Crippen molar-refractivity contribution in [2.75, 3.05) is 40.4 Å². The molecule has 146 valence electrons. The normalized spacial score (nSPS) is 21.0. The molecule has 3 heterocycles. The Balaban J connectivity index is 1.49. The summed E-state index contributed by atoms with van der Waals surface area (Å²) in [6, 6.07) is 6.60. The van der Waals surface area contributed by atoms with E-state index < -0.39 is 0 Å². The number of piperidine rings is 1. The Morgan fingerprint density at radius 1 is 1.00 bits per heavy atom. The average Bonchev–Trinajstić information content (AvgIpc) is 3.17. The van der Waals surface area contributed by atoms with Crippen molar-refractivity contribution in [3.05, 3.63) is 42.0 Å². The van der Waals surface area contributed by atoms with Crippen molar-refractivity contribution in [3.63, 3.8) is 0 Å². The van der Waals surface area contributed by atoms with Crippen molar-refractivity contribution in [1.29, 1.82) is 0 Å². The van der Waals surface area contributed by atoms with Crippen molar-refractivity contribution >= 4 is 0 Å². The number of fused-ring (bicyclic) bond motifs is 1. The number of benzene rings is 1. The highest BCUT2D eigenvalue weighted by Crippen LogP contribution is 2.27. The molecule has 0 saturated carbocycles. The Morgan fingerprint density at radius 3 is 2.44 bits per heavy atom. The van der Waals surface area contributed by atoms with Gasteiger partial charge < -0.3 is 18.9 Å². The fourth-order valence-corrected chi connectivity index (χ4v) is 4.38. The lowest BCUT2D eigenvalue weighted by molar-refractivity contribution is 0.128. The first kappa shape index (κ1) is 18.3. The summed E-state index contributed by atoms with van der Waals surface area (Å²) in [5, 5.41) is 0.